The van der Waals surface area contributed by atoms with Crippen LogP contribution in [0.3, 0.4) is 0 Å². The minimum absolute atomic E-state index is 0.0492. The molecule has 2 aliphatic rings. The molecular weight excluding hydrogens is 296 g/mol. The first-order valence-electron chi connectivity index (χ1n) is 7.82. The highest BCUT2D eigenvalue weighted by molar-refractivity contribution is 6.06. The van der Waals surface area contributed by atoms with Gasteiger partial charge in [-0.3, -0.25) is 19.3 Å². The van der Waals surface area contributed by atoms with E-state index in [9.17, 15) is 14.4 Å². The first kappa shape index (κ1) is 15.5. The molecule has 0 aliphatic carbocycles. The average Bonchev–Trinajstić information content (AvgIpc) is 3.07. The molecule has 3 rings (SSSR count). The summed E-state index contributed by atoms with van der Waals surface area (Å²) in [5.41, 5.74) is 0.894. The number of likely N-dealkylation sites (tertiary alicyclic amines) is 2. The van der Waals surface area contributed by atoms with E-state index in [-0.39, 0.29) is 36.0 Å². The topological polar surface area (TPSA) is 66.9 Å². The van der Waals surface area contributed by atoms with Gasteiger partial charge in [0, 0.05) is 20.1 Å². The SMILES string of the molecule is CCOc1ccc(CC(=O)N2C[C@@H]3C(=O)N(C)C(=O)[C@@H]3C2)cc1. The molecule has 3 amide bonds. The zero-order valence-electron chi connectivity index (χ0n) is 13.3. The van der Waals surface area contributed by atoms with Crippen LogP contribution in [0.5, 0.6) is 5.75 Å². The van der Waals surface area contributed by atoms with Crippen LogP contribution in [0.15, 0.2) is 24.3 Å². The van der Waals surface area contributed by atoms with Gasteiger partial charge in [0.1, 0.15) is 5.75 Å². The number of carbonyl (C=O) groups excluding carboxylic acids is 3. The van der Waals surface area contributed by atoms with Gasteiger partial charge >= 0.3 is 0 Å². The van der Waals surface area contributed by atoms with Gasteiger partial charge in [-0.05, 0) is 24.6 Å². The van der Waals surface area contributed by atoms with Crippen LogP contribution in [0.25, 0.3) is 0 Å². The summed E-state index contributed by atoms with van der Waals surface area (Å²) in [6.45, 7) is 3.21. The lowest BCUT2D eigenvalue weighted by atomic mass is 10.00. The smallest absolute Gasteiger partial charge is 0.234 e. The van der Waals surface area contributed by atoms with Crippen LogP contribution in [0, 0.1) is 11.8 Å². The third-order valence-electron chi connectivity index (χ3n) is 4.56. The highest BCUT2D eigenvalue weighted by atomic mass is 16.5. The zero-order chi connectivity index (χ0) is 16.6. The molecule has 6 heteroatoms. The van der Waals surface area contributed by atoms with Gasteiger partial charge in [0.2, 0.25) is 17.7 Å². The molecule has 0 saturated carbocycles. The van der Waals surface area contributed by atoms with E-state index < -0.39 is 0 Å². The number of amides is 3. The number of carbonyl (C=O) groups is 3. The Kier molecular flexibility index (Phi) is 4.07. The molecule has 0 spiro atoms. The summed E-state index contributed by atoms with van der Waals surface area (Å²) in [7, 11) is 1.51. The van der Waals surface area contributed by atoms with E-state index in [1.165, 1.54) is 11.9 Å². The summed E-state index contributed by atoms with van der Waals surface area (Å²) in [5.74, 6) is -0.341. The van der Waals surface area contributed by atoms with E-state index in [0.29, 0.717) is 19.7 Å². The van der Waals surface area contributed by atoms with Gasteiger partial charge in [0.05, 0.1) is 24.9 Å². The predicted octanol–water partition coefficient (Wildman–Crippen LogP) is 0.701. The molecule has 23 heavy (non-hydrogen) atoms. The maximum absolute atomic E-state index is 12.4. The van der Waals surface area contributed by atoms with Crippen molar-refractivity contribution in [1.82, 2.24) is 9.80 Å². The van der Waals surface area contributed by atoms with Crippen LogP contribution in [-0.4, -0.2) is 54.3 Å². The van der Waals surface area contributed by atoms with Crippen molar-refractivity contribution in [2.75, 3.05) is 26.7 Å². The van der Waals surface area contributed by atoms with Crippen molar-refractivity contribution >= 4 is 17.7 Å². The fraction of sp³-hybridized carbons (Fsp3) is 0.471. The van der Waals surface area contributed by atoms with Crippen LogP contribution < -0.4 is 4.74 Å². The number of benzene rings is 1. The van der Waals surface area contributed by atoms with Crippen molar-refractivity contribution < 1.29 is 19.1 Å². The molecule has 2 saturated heterocycles. The van der Waals surface area contributed by atoms with Gasteiger partial charge in [-0.25, -0.2) is 0 Å². The van der Waals surface area contributed by atoms with Crippen molar-refractivity contribution in [2.45, 2.75) is 13.3 Å². The largest absolute Gasteiger partial charge is 0.494 e. The highest BCUT2D eigenvalue weighted by Crippen LogP contribution is 2.32. The van der Waals surface area contributed by atoms with Gasteiger partial charge in [-0.15, -0.1) is 0 Å². The Morgan fingerprint density at radius 3 is 2.22 bits per heavy atom. The van der Waals surface area contributed by atoms with Gasteiger partial charge in [0.15, 0.2) is 0 Å². The number of imide groups is 1. The Hall–Kier alpha value is -2.37. The Bertz CT molecular complexity index is 616. The molecule has 0 bridgehead atoms. The monoisotopic (exact) mass is 316 g/mol. The molecule has 6 nitrogen and oxygen atoms in total. The standard InChI is InChI=1S/C17H20N2O4/c1-3-23-12-6-4-11(5-7-12)8-15(20)19-9-13-14(10-19)17(22)18(2)16(13)21/h4-7,13-14H,3,8-10H2,1-2H3/t13-,14+. The van der Waals surface area contributed by atoms with E-state index in [2.05, 4.69) is 0 Å². The molecule has 2 fully saturated rings. The fourth-order valence-electron chi connectivity index (χ4n) is 3.27. The molecule has 1 aromatic rings. The average molecular weight is 316 g/mol. The molecule has 0 aromatic heterocycles. The fourth-order valence-corrected chi connectivity index (χ4v) is 3.27. The van der Waals surface area contributed by atoms with E-state index >= 15 is 0 Å². The Labute approximate surface area is 135 Å². The van der Waals surface area contributed by atoms with Crippen LogP contribution in [0.2, 0.25) is 0 Å². The van der Waals surface area contributed by atoms with Gasteiger partial charge < -0.3 is 9.64 Å². The Morgan fingerprint density at radius 2 is 1.70 bits per heavy atom. The van der Waals surface area contributed by atoms with Crippen LogP contribution in [0.4, 0.5) is 0 Å². The lowest BCUT2D eigenvalue weighted by Crippen LogP contribution is -2.36. The lowest BCUT2D eigenvalue weighted by Gasteiger charge is -2.19. The summed E-state index contributed by atoms with van der Waals surface area (Å²) in [6.07, 6.45) is 0.268. The Morgan fingerprint density at radius 1 is 1.13 bits per heavy atom. The zero-order valence-corrected chi connectivity index (χ0v) is 13.3. The van der Waals surface area contributed by atoms with Crippen LogP contribution in [-0.2, 0) is 20.8 Å². The van der Waals surface area contributed by atoms with E-state index in [0.717, 1.165) is 11.3 Å². The molecule has 122 valence electrons. The number of fused-ring (bicyclic) bond motifs is 1. The third-order valence-corrected chi connectivity index (χ3v) is 4.56. The van der Waals surface area contributed by atoms with E-state index in [4.69, 9.17) is 4.74 Å². The molecule has 1 aromatic carbocycles. The molecule has 0 unspecified atom stereocenters. The summed E-state index contributed by atoms with van der Waals surface area (Å²) in [4.78, 5) is 39.2. The van der Waals surface area contributed by atoms with Crippen LogP contribution >= 0.6 is 0 Å². The molecular formula is C17H20N2O4. The minimum atomic E-state index is -0.364. The minimum Gasteiger partial charge on any atom is -0.494 e. The highest BCUT2D eigenvalue weighted by Gasteiger charge is 2.51. The quantitative estimate of drug-likeness (QED) is 0.767. The second-order valence-electron chi connectivity index (χ2n) is 6.00. The van der Waals surface area contributed by atoms with Gasteiger partial charge in [0.25, 0.3) is 0 Å². The summed E-state index contributed by atoms with van der Waals surface area (Å²) >= 11 is 0. The summed E-state index contributed by atoms with van der Waals surface area (Å²) < 4.78 is 5.37. The molecule has 2 atom stereocenters. The second kappa shape index (κ2) is 6.02. The van der Waals surface area contributed by atoms with E-state index in [1.807, 2.05) is 31.2 Å². The third kappa shape index (κ3) is 2.81. The normalized spacial score (nSPS) is 23.4. The van der Waals surface area contributed by atoms with Crippen molar-refractivity contribution in [3.8, 4) is 5.75 Å². The molecule has 2 aliphatic heterocycles. The number of hydrogen-bond donors (Lipinski definition) is 0. The molecule has 0 radical (unpaired) electrons. The second-order valence-corrected chi connectivity index (χ2v) is 6.00. The molecule has 2 heterocycles. The number of ether oxygens (including phenoxy) is 1. The summed E-state index contributed by atoms with van der Waals surface area (Å²) in [5, 5.41) is 0. The molecule has 0 N–H and O–H groups in total. The predicted molar refractivity (Wildman–Crippen MR) is 82.7 cm³/mol. The number of hydrogen-bond acceptors (Lipinski definition) is 4. The van der Waals surface area contributed by atoms with Crippen molar-refractivity contribution in [3.05, 3.63) is 29.8 Å². The first-order chi connectivity index (χ1) is 11.0. The van der Waals surface area contributed by atoms with E-state index in [1.54, 1.807) is 4.90 Å². The first-order valence-corrected chi connectivity index (χ1v) is 7.82. The number of rotatable bonds is 4. The Balaban J connectivity index is 1.62. The summed E-state index contributed by atoms with van der Waals surface area (Å²) in [6, 6.07) is 7.41. The number of nitrogens with zero attached hydrogens (tertiary/aromatic N) is 2. The lowest BCUT2D eigenvalue weighted by molar-refractivity contribution is -0.139. The van der Waals surface area contributed by atoms with Gasteiger partial charge in [-0.1, -0.05) is 12.1 Å². The van der Waals surface area contributed by atoms with Crippen LogP contribution in [0.1, 0.15) is 12.5 Å². The maximum atomic E-state index is 12.4. The van der Waals surface area contributed by atoms with Gasteiger partial charge in [-0.2, -0.15) is 0 Å². The maximum Gasteiger partial charge on any atom is 0.234 e. The van der Waals surface area contributed by atoms with Crippen molar-refractivity contribution in [3.63, 3.8) is 0 Å². The van der Waals surface area contributed by atoms with Crippen molar-refractivity contribution in [1.29, 1.82) is 0 Å². The van der Waals surface area contributed by atoms with Crippen molar-refractivity contribution in [2.24, 2.45) is 11.8 Å².